The predicted octanol–water partition coefficient (Wildman–Crippen LogP) is 2.49. The van der Waals surface area contributed by atoms with Crippen LogP contribution in [0.2, 0.25) is 0 Å². The van der Waals surface area contributed by atoms with E-state index in [1.165, 1.54) is 11.0 Å². The number of para-hydroxylation sites is 2. The first-order valence-corrected chi connectivity index (χ1v) is 6.72. The number of hydrogen-bond acceptors (Lipinski definition) is 2. The van der Waals surface area contributed by atoms with Crippen molar-refractivity contribution in [3.63, 3.8) is 0 Å². The van der Waals surface area contributed by atoms with Crippen LogP contribution in [-0.2, 0) is 16.0 Å². The molecule has 0 aromatic heterocycles. The Kier molecular flexibility index (Phi) is 3.58. The van der Waals surface area contributed by atoms with Crippen LogP contribution in [0, 0.1) is 11.6 Å². The standard InChI is InChI=1S/C16H12F2N2O2/c17-11-5-3-6-12(18)14(11)19-15(21)16(22)20-9-8-10-4-1-2-7-13(10)20/h1-7H,8-9H2,(H,19,21). The van der Waals surface area contributed by atoms with Crippen molar-refractivity contribution in [3.05, 3.63) is 59.7 Å². The minimum Gasteiger partial charge on any atom is -0.313 e. The van der Waals surface area contributed by atoms with Gasteiger partial charge in [-0.2, -0.15) is 0 Å². The Morgan fingerprint density at radius 1 is 1.00 bits per heavy atom. The Balaban J connectivity index is 1.81. The van der Waals surface area contributed by atoms with E-state index in [1.54, 1.807) is 12.1 Å². The summed E-state index contributed by atoms with van der Waals surface area (Å²) >= 11 is 0. The molecular weight excluding hydrogens is 290 g/mol. The highest BCUT2D eigenvalue weighted by Crippen LogP contribution is 2.27. The van der Waals surface area contributed by atoms with E-state index in [0.29, 0.717) is 18.7 Å². The Labute approximate surface area is 125 Å². The molecule has 0 atom stereocenters. The third-order valence-corrected chi connectivity index (χ3v) is 3.53. The number of halogens is 2. The van der Waals surface area contributed by atoms with Crippen molar-refractivity contribution in [2.24, 2.45) is 0 Å². The lowest BCUT2D eigenvalue weighted by Crippen LogP contribution is -2.39. The third kappa shape index (κ3) is 2.43. The molecule has 0 bridgehead atoms. The summed E-state index contributed by atoms with van der Waals surface area (Å²) in [6.07, 6.45) is 0.642. The highest BCUT2D eigenvalue weighted by Gasteiger charge is 2.29. The first kappa shape index (κ1) is 14.2. The molecule has 4 nitrogen and oxygen atoms in total. The van der Waals surface area contributed by atoms with Crippen LogP contribution in [0.3, 0.4) is 0 Å². The van der Waals surface area contributed by atoms with Gasteiger partial charge in [0, 0.05) is 12.2 Å². The first-order valence-electron chi connectivity index (χ1n) is 6.72. The molecule has 1 N–H and O–H groups in total. The molecule has 2 aromatic rings. The van der Waals surface area contributed by atoms with Gasteiger partial charge in [-0.15, -0.1) is 0 Å². The number of amides is 2. The fourth-order valence-electron chi connectivity index (χ4n) is 2.46. The maximum Gasteiger partial charge on any atom is 0.316 e. The molecule has 1 heterocycles. The summed E-state index contributed by atoms with van der Waals surface area (Å²) in [5, 5.41) is 2.01. The third-order valence-electron chi connectivity index (χ3n) is 3.53. The van der Waals surface area contributed by atoms with Crippen molar-refractivity contribution in [1.29, 1.82) is 0 Å². The van der Waals surface area contributed by atoms with Gasteiger partial charge in [-0.1, -0.05) is 24.3 Å². The predicted molar refractivity (Wildman–Crippen MR) is 77.5 cm³/mol. The smallest absolute Gasteiger partial charge is 0.313 e. The molecule has 0 fully saturated rings. The van der Waals surface area contributed by atoms with E-state index in [-0.39, 0.29) is 0 Å². The van der Waals surface area contributed by atoms with Crippen molar-refractivity contribution >= 4 is 23.2 Å². The number of rotatable bonds is 1. The fourth-order valence-corrected chi connectivity index (χ4v) is 2.46. The summed E-state index contributed by atoms with van der Waals surface area (Å²) in [6, 6.07) is 10.4. The van der Waals surface area contributed by atoms with E-state index in [1.807, 2.05) is 17.4 Å². The van der Waals surface area contributed by atoms with Crippen molar-refractivity contribution in [2.45, 2.75) is 6.42 Å². The minimum atomic E-state index is -1.07. The molecule has 0 unspecified atom stereocenters. The molecule has 1 aliphatic heterocycles. The lowest BCUT2D eigenvalue weighted by atomic mass is 10.2. The Morgan fingerprint density at radius 3 is 2.41 bits per heavy atom. The van der Waals surface area contributed by atoms with Crippen LogP contribution in [0.15, 0.2) is 42.5 Å². The van der Waals surface area contributed by atoms with Gasteiger partial charge in [-0.05, 0) is 30.2 Å². The van der Waals surface area contributed by atoms with Gasteiger partial charge in [0.15, 0.2) is 0 Å². The molecule has 2 aromatic carbocycles. The van der Waals surface area contributed by atoms with E-state index in [9.17, 15) is 18.4 Å². The molecule has 0 spiro atoms. The Hall–Kier alpha value is -2.76. The quantitative estimate of drug-likeness (QED) is 0.823. The van der Waals surface area contributed by atoms with Crippen LogP contribution in [0.4, 0.5) is 20.2 Å². The first-order chi connectivity index (χ1) is 10.6. The van der Waals surface area contributed by atoms with Gasteiger partial charge < -0.3 is 10.2 Å². The molecule has 22 heavy (non-hydrogen) atoms. The number of carbonyl (C=O) groups is 2. The number of anilines is 2. The average molecular weight is 302 g/mol. The molecule has 2 amide bonds. The average Bonchev–Trinajstić information content (AvgIpc) is 2.94. The zero-order valence-electron chi connectivity index (χ0n) is 11.5. The zero-order valence-corrected chi connectivity index (χ0v) is 11.5. The topological polar surface area (TPSA) is 49.4 Å². The second-order valence-electron chi connectivity index (χ2n) is 4.89. The molecule has 1 aliphatic rings. The lowest BCUT2D eigenvalue weighted by molar-refractivity contribution is -0.134. The second-order valence-corrected chi connectivity index (χ2v) is 4.89. The monoisotopic (exact) mass is 302 g/mol. The van der Waals surface area contributed by atoms with E-state index in [0.717, 1.165) is 17.7 Å². The number of carbonyl (C=O) groups excluding carboxylic acids is 2. The van der Waals surface area contributed by atoms with Crippen LogP contribution in [0.25, 0.3) is 0 Å². The van der Waals surface area contributed by atoms with Gasteiger partial charge in [-0.3, -0.25) is 9.59 Å². The Bertz CT molecular complexity index is 741. The molecule has 0 radical (unpaired) electrons. The molecule has 3 rings (SSSR count). The van der Waals surface area contributed by atoms with E-state index >= 15 is 0 Å². The molecular formula is C16H12F2N2O2. The SMILES string of the molecule is O=C(Nc1c(F)cccc1F)C(=O)N1CCc2ccccc21. The van der Waals surface area contributed by atoms with Crippen LogP contribution in [0.5, 0.6) is 0 Å². The van der Waals surface area contributed by atoms with E-state index in [4.69, 9.17) is 0 Å². The lowest BCUT2D eigenvalue weighted by Gasteiger charge is -2.17. The summed E-state index contributed by atoms with van der Waals surface area (Å²) in [6.45, 7) is 0.366. The number of nitrogens with zero attached hydrogens (tertiary/aromatic N) is 1. The number of nitrogens with one attached hydrogen (secondary N) is 1. The Morgan fingerprint density at radius 2 is 1.68 bits per heavy atom. The van der Waals surface area contributed by atoms with Crippen molar-refractivity contribution in [2.75, 3.05) is 16.8 Å². The molecule has 0 aliphatic carbocycles. The van der Waals surface area contributed by atoms with Gasteiger partial charge in [-0.25, -0.2) is 8.78 Å². The van der Waals surface area contributed by atoms with Gasteiger partial charge in [0.1, 0.15) is 17.3 Å². The molecule has 6 heteroatoms. The van der Waals surface area contributed by atoms with Crippen LogP contribution in [0.1, 0.15) is 5.56 Å². The largest absolute Gasteiger partial charge is 0.316 e. The summed E-state index contributed by atoms with van der Waals surface area (Å²) < 4.78 is 27.0. The molecule has 0 saturated heterocycles. The van der Waals surface area contributed by atoms with Crippen molar-refractivity contribution in [1.82, 2.24) is 0 Å². The van der Waals surface area contributed by atoms with Gasteiger partial charge in [0.25, 0.3) is 0 Å². The highest BCUT2D eigenvalue weighted by atomic mass is 19.1. The van der Waals surface area contributed by atoms with Crippen molar-refractivity contribution < 1.29 is 18.4 Å². The second kappa shape index (κ2) is 5.55. The van der Waals surface area contributed by atoms with Gasteiger partial charge in [0.05, 0.1) is 0 Å². The minimum absolute atomic E-state index is 0.366. The summed E-state index contributed by atoms with van der Waals surface area (Å²) in [5.41, 5.74) is 0.991. The molecule has 0 saturated carbocycles. The zero-order chi connectivity index (χ0) is 15.7. The van der Waals surface area contributed by atoms with Gasteiger partial charge in [0.2, 0.25) is 0 Å². The maximum atomic E-state index is 13.5. The maximum absolute atomic E-state index is 13.5. The van der Waals surface area contributed by atoms with Crippen LogP contribution < -0.4 is 10.2 Å². The van der Waals surface area contributed by atoms with Crippen LogP contribution in [-0.4, -0.2) is 18.4 Å². The summed E-state index contributed by atoms with van der Waals surface area (Å²) in [4.78, 5) is 25.5. The normalized spacial score (nSPS) is 12.9. The van der Waals surface area contributed by atoms with Crippen LogP contribution >= 0.6 is 0 Å². The highest BCUT2D eigenvalue weighted by molar-refractivity contribution is 6.44. The number of hydrogen-bond donors (Lipinski definition) is 1. The fraction of sp³-hybridized carbons (Fsp3) is 0.125. The number of benzene rings is 2. The summed E-state index contributed by atoms with van der Waals surface area (Å²) in [7, 11) is 0. The molecule has 112 valence electrons. The van der Waals surface area contributed by atoms with Crippen molar-refractivity contribution in [3.8, 4) is 0 Å². The summed E-state index contributed by atoms with van der Waals surface area (Å²) in [5.74, 6) is -3.76. The van der Waals surface area contributed by atoms with E-state index in [2.05, 4.69) is 0 Å². The van der Waals surface area contributed by atoms with E-state index < -0.39 is 29.1 Å². The van der Waals surface area contributed by atoms with Gasteiger partial charge >= 0.3 is 11.8 Å². The number of fused-ring (bicyclic) bond motifs is 1.